The number of nitrogens with one attached hydrogen (secondary N) is 1. The minimum atomic E-state index is -0.252. The number of hydrogen-bond donors (Lipinski definition) is 1. The summed E-state index contributed by atoms with van der Waals surface area (Å²) in [4.78, 5) is 16.1. The number of hydrogen-bond acceptors (Lipinski definition) is 4. The van der Waals surface area contributed by atoms with Crippen LogP contribution in [-0.4, -0.2) is 32.8 Å². The van der Waals surface area contributed by atoms with Crippen molar-refractivity contribution in [3.63, 3.8) is 0 Å². The number of ether oxygens (including phenoxy) is 2. The highest BCUT2D eigenvalue weighted by Crippen LogP contribution is 2.22. The SMILES string of the molecule is COCCONC(=O)CCOc1ccccc1Cl. The van der Waals surface area contributed by atoms with Crippen molar-refractivity contribution < 1.29 is 19.1 Å². The van der Waals surface area contributed by atoms with Crippen LogP contribution in [0, 0.1) is 0 Å². The average molecular weight is 274 g/mol. The van der Waals surface area contributed by atoms with Gasteiger partial charge in [0.1, 0.15) is 5.75 Å². The van der Waals surface area contributed by atoms with Crippen molar-refractivity contribution in [1.82, 2.24) is 5.48 Å². The van der Waals surface area contributed by atoms with Gasteiger partial charge in [0.05, 0.1) is 31.3 Å². The van der Waals surface area contributed by atoms with Crippen LogP contribution in [-0.2, 0) is 14.4 Å². The van der Waals surface area contributed by atoms with Gasteiger partial charge in [-0.25, -0.2) is 5.48 Å². The number of amides is 1. The molecule has 0 aromatic heterocycles. The molecule has 0 aliphatic heterocycles. The Hall–Kier alpha value is -1.30. The summed E-state index contributed by atoms with van der Waals surface area (Å²) in [6, 6.07) is 7.10. The standard InChI is InChI=1S/C12H16ClNO4/c1-16-8-9-18-14-12(15)6-7-17-11-5-3-2-4-10(11)13/h2-5H,6-9H2,1H3,(H,14,15). The predicted molar refractivity (Wildman–Crippen MR) is 67.5 cm³/mol. The molecule has 1 aromatic carbocycles. The molecule has 0 aliphatic rings. The van der Waals surface area contributed by atoms with Crippen LogP contribution in [0.25, 0.3) is 0 Å². The van der Waals surface area contributed by atoms with Gasteiger partial charge in [0.2, 0.25) is 5.91 Å². The second kappa shape index (κ2) is 8.74. The second-order valence-electron chi connectivity index (χ2n) is 3.40. The fourth-order valence-corrected chi connectivity index (χ4v) is 1.31. The number of hydroxylamine groups is 1. The van der Waals surface area contributed by atoms with E-state index in [0.29, 0.717) is 24.0 Å². The molecule has 1 amide bonds. The molecule has 6 heteroatoms. The summed E-state index contributed by atoms with van der Waals surface area (Å²) >= 11 is 5.89. The van der Waals surface area contributed by atoms with Crippen molar-refractivity contribution in [2.75, 3.05) is 26.9 Å². The molecule has 0 saturated carbocycles. The van der Waals surface area contributed by atoms with E-state index in [0.717, 1.165) is 0 Å². The molecule has 100 valence electrons. The molecule has 0 fully saturated rings. The normalized spacial score (nSPS) is 10.1. The Balaban J connectivity index is 2.14. The predicted octanol–water partition coefficient (Wildman–Crippen LogP) is 1.80. The van der Waals surface area contributed by atoms with Crippen molar-refractivity contribution in [3.05, 3.63) is 29.3 Å². The summed E-state index contributed by atoms with van der Waals surface area (Å²) in [5.41, 5.74) is 2.29. The average Bonchev–Trinajstić information content (AvgIpc) is 2.37. The molecule has 0 bridgehead atoms. The maximum atomic E-state index is 11.3. The third-order valence-corrected chi connectivity index (χ3v) is 2.31. The van der Waals surface area contributed by atoms with E-state index in [1.54, 1.807) is 19.2 Å². The Morgan fingerprint density at radius 2 is 2.06 bits per heavy atom. The highest BCUT2D eigenvalue weighted by molar-refractivity contribution is 6.32. The zero-order valence-corrected chi connectivity index (χ0v) is 10.9. The maximum absolute atomic E-state index is 11.3. The molecule has 0 atom stereocenters. The zero-order valence-electron chi connectivity index (χ0n) is 10.1. The van der Waals surface area contributed by atoms with E-state index >= 15 is 0 Å². The summed E-state index contributed by atoms with van der Waals surface area (Å²) < 4.78 is 10.1. The first-order chi connectivity index (χ1) is 8.74. The Morgan fingerprint density at radius 3 is 2.78 bits per heavy atom. The molecule has 1 N–H and O–H groups in total. The first-order valence-corrected chi connectivity index (χ1v) is 5.88. The van der Waals surface area contributed by atoms with Gasteiger partial charge < -0.3 is 9.47 Å². The Morgan fingerprint density at radius 1 is 1.28 bits per heavy atom. The van der Waals surface area contributed by atoms with E-state index in [1.165, 1.54) is 0 Å². The largest absolute Gasteiger partial charge is 0.491 e. The van der Waals surface area contributed by atoms with E-state index in [9.17, 15) is 4.79 Å². The lowest BCUT2D eigenvalue weighted by Crippen LogP contribution is -2.26. The highest BCUT2D eigenvalue weighted by atomic mass is 35.5. The molecule has 1 rings (SSSR count). The minimum Gasteiger partial charge on any atom is -0.491 e. The first kappa shape index (κ1) is 14.8. The van der Waals surface area contributed by atoms with Gasteiger partial charge in [0, 0.05) is 7.11 Å². The van der Waals surface area contributed by atoms with Gasteiger partial charge in [-0.3, -0.25) is 9.63 Å². The molecule has 0 aliphatic carbocycles. The number of carbonyl (C=O) groups excluding carboxylic acids is 1. The third kappa shape index (κ3) is 5.86. The molecule has 18 heavy (non-hydrogen) atoms. The van der Waals surface area contributed by atoms with Gasteiger partial charge in [0.25, 0.3) is 0 Å². The quantitative estimate of drug-likeness (QED) is 0.580. The van der Waals surface area contributed by atoms with Crippen molar-refractivity contribution in [3.8, 4) is 5.75 Å². The fourth-order valence-electron chi connectivity index (χ4n) is 1.12. The lowest BCUT2D eigenvalue weighted by Gasteiger charge is -2.08. The Bertz CT molecular complexity index is 373. The number of halogens is 1. The zero-order chi connectivity index (χ0) is 13.2. The molecule has 5 nitrogen and oxygen atoms in total. The van der Waals surface area contributed by atoms with Crippen LogP contribution in [0.5, 0.6) is 5.75 Å². The molecule has 1 aromatic rings. The van der Waals surface area contributed by atoms with Crippen LogP contribution in [0.2, 0.25) is 5.02 Å². The van der Waals surface area contributed by atoms with E-state index in [2.05, 4.69) is 5.48 Å². The lowest BCUT2D eigenvalue weighted by atomic mass is 10.3. The van der Waals surface area contributed by atoms with Crippen molar-refractivity contribution in [1.29, 1.82) is 0 Å². The van der Waals surface area contributed by atoms with Crippen molar-refractivity contribution in [2.45, 2.75) is 6.42 Å². The summed E-state index contributed by atoms with van der Waals surface area (Å²) in [5, 5.41) is 0.522. The summed E-state index contributed by atoms with van der Waals surface area (Å²) in [5.74, 6) is 0.311. The highest BCUT2D eigenvalue weighted by Gasteiger charge is 2.03. The molecule has 0 spiro atoms. The maximum Gasteiger partial charge on any atom is 0.246 e. The number of benzene rings is 1. The first-order valence-electron chi connectivity index (χ1n) is 5.51. The number of carbonyl (C=O) groups is 1. The van der Waals surface area contributed by atoms with Gasteiger partial charge in [-0.2, -0.15) is 0 Å². The molecular weight excluding hydrogens is 258 g/mol. The smallest absolute Gasteiger partial charge is 0.246 e. The van der Waals surface area contributed by atoms with E-state index in [-0.39, 0.29) is 18.9 Å². The van der Waals surface area contributed by atoms with Crippen molar-refractivity contribution in [2.24, 2.45) is 0 Å². The van der Waals surface area contributed by atoms with Gasteiger partial charge in [-0.05, 0) is 12.1 Å². The molecule has 0 unspecified atom stereocenters. The van der Waals surface area contributed by atoms with Gasteiger partial charge in [-0.1, -0.05) is 23.7 Å². The van der Waals surface area contributed by atoms with Crippen molar-refractivity contribution >= 4 is 17.5 Å². The van der Waals surface area contributed by atoms with E-state index in [1.807, 2.05) is 12.1 Å². The lowest BCUT2D eigenvalue weighted by molar-refractivity contribution is -0.135. The van der Waals surface area contributed by atoms with E-state index < -0.39 is 0 Å². The molecular formula is C12H16ClNO4. The Kier molecular flexibility index (Phi) is 7.17. The van der Waals surface area contributed by atoms with Crippen LogP contribution in [0.3, 0.4) is 0 Å². The molecule has 0 saturated heterocycles. The summed E-state index contributed by atoms with van der Waals surface area (Å²) in [6.07, 6.45) is 0.193. The minimum absolute atomic E-state index is 0.193. The monoisotopic (exact) mass is 273 g/mol. The third-order valence-electron chi connectivity index (χ3n) is 2.00. The molecule has 0 radical (unpaired) electrons. The van der Waals surface area contributed by atoms with Gasteiger partial charge >= 0.3 is 0 Å². The number of methoxy groups -OCH3 is 1. The molecule has 0 heterocycles. The van der Waals surface area contributed by atoms with Crippen LogP contribution in [0.15, 0.2) is 24.3 Å². The van der Waals surface area contributed by atoms with Crippen LogP contribution in [0.1, 0.15) is 6.42 Å². The van der Waals surface area contributed by atoms with Crippen LogP contribution < -0.4 is 10.2 Å². The summed E-state index contributed by atoms with van der Waals surface area (Å²) in [6.45, 7) is 0.979. The number of para-hydroxylation sites is 1. The Labute approximate surface area is 111 Å². The summed E-state index contributed by atoms with van der Waals surface area (Å²) in [7, 11) is 1.56. The topological polar surface area (TPSA) is 56.8 Å². The number of rotatable bonds is 8. The van der Waals surface area contributed by atoms with Gasteiger partial charge in [-0.15, -0.1) is 0 Å². The van der Waals surface area contributed by atoms with Gasteiger partial charge in [0.15, 0.2) is 0 Å². The van der Waals surface area contributed by atoms with Crippen LogP contribution >= 0.6 is 11.6 Å². The van der Waals surface area contributed by atoms with Crippen LogP contribution in [0.4, 0.5) is 0 Å². The second-order valence-corrected chi connectivity index (χ2v) is 3.80. The fraction of sp³-hybridized carbons (Fsp3) is 0.417. The van der Waals surface area contributed by atoms with E-state index in [4.69, 9.17) is 25.9 Å².